The topological polar surface area (TPSA) is 53.6 Å². The monoisotopic (exact) mass is 305 g/mol. The molecule has 0 atom stereocenters. The van der Waals surface area contributed by atoms with E-state index in [1.165, 1.54) is 0 Å². The average Bonchev–Trinajstić information content (AvgIpc) is 2.58. The minimum absolute atomic E-state index is 0.160. The van der Waals surface area contributed by atoms with Gasteiger partial charge in [-0.25, -0.2) is 0 Å². The van der Waals surface area contributed by atoms with Gasteiger partial charge in [-0.1, -0.05) is 19.1 Å². The van der Waals surface area contributed by atoms with E-state index in [9.17, 15) is 4.79 Å². The molecule has 1 amide bonds. The van der Waals surface area contributed by atoms with Crippen molar-refractivity contribution in [3.05, 3.63) is 24.3 Å². The maximum Gasteiger partial charge on any atom is 0.241 e. The Morgan fingerprint density at radius 2 is 2.05 bits per heavy atom. The standard InChI is InChI=1S/C17H27N3O2/c1-3-18-12-14-8-10-20(11-9-14)17(21)13-19-15-6-4-5-7-16(15)22-2/h4-7,14,18-19H,3,8-13H2,1-2H3. The Morgan fingerprint density at radius 1 is 1.32 bits per heavy atom. The van der Waals surface area contributed by atoms with Crippen LogP contribution in [-0.4, -0.2) is 50.6 Å². The van der Waals surface area contributed by atoms with Crippen LogP contribution < -0.4 is 15.4 Å². The van der Waals surface area contributed by atoms with Gasteiger partial charge in [-0.05, 0) is 44.0 Å². The van der Waals surface area contributed by atoms with E-state index in [0.717, 1.165) is 50.5 Å². The highest BCUT2D eigenvalue weighted by Crippen LogP contribution is 2.23. The number of carbonyl (C=O) groups excluding carboxylic acids is 1. The van der Waals surface area contributed by atoms with E-state index in [0.29, 0.717) is 12.5 Å². The molecule has 122 valence electrons. The van der Waals surface area contributed by atoms with Gasteiger partial charge in [-0.3, -0.25) is 4.79 Å². The van der Waals surface area contributed by atoms with E-state index >= 15 is 0 Å². The second kappa shape index (κ2) is 8.63. The highest BCUT2D eigenvalue weighted by molar-refractivity contribution is 5.81. The third-order valence-corrected chi connectivity index (χ3v) is 4.19. The molecule has 0 saturated carbocycles. The van der Waals surface area contributed by atoms with Gasteiger partial charge in [0.25, 0.3) is 0 Å². The first kappa shape index (κ1) is 16.6. The maximum absolute atomic E-state index is 12.3. The molecule has 0 unspecified atom stereocenters. The summed E-state index contributed by atoms with van der Waals surface area (Å²) in [5, 5.41) is 6.57. The van der Waals surface area contributed by atoms with Crippen molar-refractivity contribution in [1.82, 2.24) is 10.2 Å². The zero-order chi connectivity index (χ0) is 15.8. The van der Waals surface area contributed by atoms with Crippen molar-refractivity contribution in [3.63, 3.8) is 0 Å². The number of methoxy groups -OCH3 is 1. The van der Waals surface area contributed by atoms with Gasteiger partial charge in [-0.2, -0.15) is 0 Å². The normalized spacial score (nSPS) is 15.6. The summed E-state index contributed by atoms with van der Waals surface area (Å²) in [7, 11) is 1.64. The molecule has 0 bridgehead atoms. The quantitative estimate of drug-likeness (QED) is 0.808. The Balaban J connectivity index is 1.76. The lowest BCUT2D eigenvalue weighted by Crippen LogP contribution is -2.43. The second-order valence-corrected chi connectivity index (χ2v) is 5.69. The number of anilines is 1. The molecule has 0 spiro atoms. The summed E-state index contributed by atoms with van der Waals surface area (Å²) in [5.74, 6) is 1.62. The summed E-state index contributed by atoms with van der Waals surface area (Å²) < 4.78 is 5.28. The van der Waals surface area contributed by atoms with Crippen LogP contribution in [0.3, 0.4) is 0 Å². The summed E-state index contributed by atoms with van der Waals surface area (Å²) in [6, 6.07) is 7.66. The number of piperidine rings is 1. The van der Waals surface area contributed by atoms with E-state index in [2.05, 4.69) is 17.6 Å². The molecule has 0 aromatic heterocycles. The zero-order valence-electron chi connectivity index (χ0n) is 13.6. The number of likely N-dealkylation sites (tertiary alicyclic amines) is 1. The van der Waals surface area contributed by atoms with Gasteiger partial charge in [-0.15, -0.1) is 0 Å². The van der Waals surface area contributed by atoms with Crippen LogP contribution in [0.25, 0.3) is 0 Å². The molecule has 0 aliphatic carbocycles. The number of ether oxygens (including phenoxy) is 1. The average molecular weight is 305 g/mol. The summed E-state index contributed by atoms with van der Waals surface area (Å²) >= 11 is 0. The van der Waals surface area contributed by atoms with Gasteiger partial charge in [0.15, 0.2) is 0 Å². The molecule has 2 rings (SSSR count). The van der Waals surface area contributed by atoms with E-state index in [4.69, 9.17) is 4.74 Å². The highest BCUT2D eigenvalue weighted by Gasteiger charge is 2.22. The van der Waals surface area contributed by atoms with Crippen molar-refractivity contribution in [2.75, 3.05) is 45.2 Å². The van der Waals surface area contributed by atoms with Crippen LogP contribution in [0.5, 0.6) is 5.75 Å². The molecule has 1 aromatic carbocycles. The number of amides is 1. The van der Waals surface area contributed by atoms with Crippen molar-refractivity contribution in [2.24, 2.45) is 5.92 Å². The first-order valence-corrected chi connectivity index (χ1v) is 8.10. The van der Waals surface area contributed by atoms with Crippen LogP contribution in [0.2, 0.25) is 0 Å². The fourth-order valence-corrected chi connectivity index (χ4v) is 2.81. The van der Waals surface area contributed by atoms with E-state index < -0.39 is 0 Å². The Bertz CT molecular complexity index is 471. The number of carbonyl (C=O) groups is 1. The lowest BCUT2D eigenvalue weighted by atomic mass is 9.97. The van der Waals surface area contributed by atoms with Crippen LogP contribution in [0.1, 0.15) is 19.8 Å². The molecule has 22 heavy (non-hydrogen) atoms. The van der Waals surface area contributed by atoms with Crippen LogP contribution >= 0.6 is 0 Å². The maximum atomic E-state index is 12.3. The van der Waals surface area contributed by atoms with Crippen LogP contribution in [-0.2, 0) is 4.79 Å². The molecule has 1 fully saturated rings. The summed E-state index contributed by atoms with van der Waals surface area (Å²) in [5.41, 5.74) is 0.861. The minimum atomic E-state index is 0.160. The van der Waals surface area contributed by atoms with Gasteiger partial charge < -0.3 is 20.3 Å². The van der Waals surface area contributed by atoms with Gasteiger partial charge in [0.1, 0.15) is 5.75 Å². The number of para-hydroxylation sites is 2. The van der Waals surface area contributed by atoms with Crippen molar-refractivity contribution < 1.29 is 9.53 Å². The number of rotatable bonds is 7. The highest BCUT2D eigenvalue weighted by atomic mass is 16.5. The number of benzene rings is 1. The molecule has 1 saturated heterocycles. The van der Waals surface area contributed by atoms with Crippen molar-refractivity contribution >= 4 is 11.6 Å². The third-order valence-electron chi connectivity index (χ3n) is 4.19. The molecule has 2 N–H and O–H groups in total. The Kier molecular flexibility index (Phi) is 6.52. The minimum Gasteiger partial charge on any atom is -0.495 e. The van der Waals surface area contributed by atoms with E-state index in [-0.39, 0.29) is 5.91 Å². The van der Waals surface area contributed by atoms with Gasteiger partial charge >= 0.3 is 0 Å². The summed E-state index contributed by atoms with van der Waals surface area (Å²) in [6.45, 7) is 6.26. The second-order valence-electron chi connectivity index (χ2n) is 5.69. The number of nitrogens with one attached hydrogen (secondary N) is 2. The molecule has 1 heterocycles. The molecule has 1 aliphatic heterocycles. The summed E-state index contributed by atoms with van der Waals surface area (Å²) in [6.07, 6.45) is 2.18. The molecule has 1 aromatic rings. The lowest BCUT2D eigenvalue weighted by Gasteiger charge is -2.32. The zero-order valence-corrected chi connectivity index (χ0v) is 13.6. The first-order valence-electron chi connectivity index (χ1n) is 8.10. The predicted molar refractivity (Wildman–Crippen MR) is 89.3 cm³/mol. The predicted octanol–water partition coefficient (Wildman–Crippen LogP) is 1.96. The SMILES string of the molecule is CCNCC1CCN(C(=O)CNc2ccccc2OC)CC1. The van der Waals surface area contributed by atoms with Gasteiger partial charge in [0.05, 0.1) is 19.3 Å². The van der Waals surface area contributed by atoms with Gasteiger partial charge in [0, 0.05) is 13.1 Å². The van der Waals surface area contributed by atoms with Crippen molar-refractivity contribution in [3.8, 4) is 5.75 Å². The van der Waals surface area contributed by atoms with Crippen LogP contribution in [0.4, 0.5) is 5.69 Å². The van der Waals surface area contributed by atoms with Crippen LogP contribution in [0, 0.1) is 5.92 Å². The molecule has 5 heteroatoms. The fraction of sp³-hybridized carbons (Fsp3) is 0.588. The Hall–Kier alpha value is -1.75. The summed E-state index contributed by atoms with van der Waals surface area (Å²) in [4.78, 5) is 14.3. The van der Waals surface area contributed by atoms with Gasteiger partial charge in [0.2, 0.25) is 5.91 Å². The third kappa shape index (κ3) is 4.63. The van der Waals surface area contributed by atoms with Crippen LogP contribution in [0.15, 0.2) is 24.3 Å². The molecular formula is C17H27N3O2. The molecule has 1 aliphatic rings. The lowest BCUT2D eigenvalue weighted by molar-refractivity contribution is -0.130. The number of hydrogen-bond donors (Lipinski definition) is 2. The van der Waals surface area contributed by atoms with Crippen molar-refractivity contribution in [1.29, 1.82) is 0 Å². The Morgan fingerprint density at radius 3 is 2.73 bits per heavy atom. The molecule has 0 radical (unpaired) electrons. The molecule has 5 nitrogen and oxygen atoms in total. The first-order chi connectivity index (χ1) is 10.7. The van der Waals surface area contributed by atoms with E-state index in [1.54, 1.807) is 7.11 Å². The fourth-order valence-electron chi connectivity index (χ4n) is 2.81. The van der Waals surface area contributed by atoms with Crippen molar-refractivity contribution in [2.45, 2.75) is 19.8 Å². The van der Waals surface area contributed by atoms with E-state index in [1.807, 2.05) is 29.2 Å². The largest absolute Gasteiger partial charge is 0.495 e. The molecular weight excluding hydrogens is 278 g/mol. The smallest absolute Gasteiger partial charge is 0.241 e. The number of hydrogen-bond acceptors (Lipinski definition) is 4. The Labute approximate surface area is 133 Å². The number of nitrogens with zero attached hydrogens (tertiary/aromatic N) is 1.